The summed E-state index contributed by atoms with van der Waals surface area (Å²) in [6.07, 6.45) is 0. The van der Waals surface area contributed by atoms with E-state index in [4.69, 9.17) is 27.6 Å². The molecule has 0 aliphatic heterocycles. The van der Waals surface area contributed by atoms with Crippen molar-refractivity contribution < 1.29 is 12.8 Å². The first-order valence-electron chi connectivity index (χ1n) is 5.74. The molecule has 0 saturated carbocycles. The lowest BCUT2D eigenvalue weighted by molar-refractivity contribution is 0.408. The van der Waals surface area contributed by atoms with Gasteiger partial charge in [0, 0.05) is 4.47 Å². The van der Waals surface area contributed by atoms with Crippen LogP contribution in [0.3, 0.4) is 0 Å². The maximum atomic E-state index is 12.3. The Morgan fingerprint density at radius 3 is 2.43 bits per heavy atom. The van der Waals surface area contributed by atoms with E-state index >= 15 is 0 Å². The van der Waals surface area contributed by atoms with Gasteiger partial charge in [-0.1, -0.05) is 39.1 Å². The van der Waals surface area contributed by atoms with Gasteiger partial charge in [0.1, 0.15) is 5.76 Å². The Bertz CT molecular complexity index is 739. The molecule has 0 bridgehead atoms. The average molecular weight is 414 g/mol. The van der Waals surface area contributed by atoms with Gasteiger partial charge in [0.15, 0.2) is 0 Å². The molecular weight excluding hydrogens is 403 g/mol. The maximum absolute atomic E-state index is 12.3. The Morgan fingerprint density at radius 1 is 1.24 bits per heavy atom. The summed E-state index contributed by atoms with van der Waals surface area (Å²) < 4.78 is 32.7. The van der Waals surface area contributed by atoms with Gasteiger partial charge >= 0.3 is 0 Å². The smallest absolute Gasteiger partial charge is 0.295 e. The molecule has 2 aromatic rings. The van der Waals surface area contributed by atoms with E-state index in [0.29, 0.717) is 16.8 Å². The zero-order valence-corrected chi connectivity index (χ0v) is 14.7. The minimum atomic E-state index is -3.90. The van der Waals surface area contributed by atoms with Crippen LogP contribution in [0, 0.1) is 0 Å². The number of hydrogen-bond donors (Lipinski definition) is 2. The van der Waals surface area contributed by atoms with Gasteiger partial charge in [-0.05, 0) is 31.3 Å². The zero-order valence-electron chi connectivity index (χ0n) is 10.8. The van der Waals surface area contributed by atoms with Gasteiger partial charge in [-0.15, -0.1) is 0 Å². The van der Waals surface area contributed by atoms with Crippen molar-refractivity contribution in [1.82, 2.24) is 5.32 Å². The highest BCUT2D eigenvalue weighted by Gasteiger charge is 2.21. The molecular formula is C12H11BrCl2N2O3S. The van der Waals surface area contributed by atoms with Crippen molar-refractivity contribution in [1.29, 1.82) is 0 Å². The normalized spacial score (nSPS) is 11.6. The molecule has 2 rings (SSSR count). The lowest BCUT2D eigenvalue weighted by Gasteiger charge is -2.10. The minimum absolute atomic E-state index is 0.105. The van der Waals surface area contributed by atoms with Crippen molar-refractivity contribution in [3.8, 4) is 0 Å². The second-order valence-electron chi connectivity index (χ2n) is 4.10. The zero-order chi connectivity index (χ0) is 15.6. The molecule has 1 aromatic heterocycles. The number of sulfonamides is 1. The predicted molar refractivity (Wildman–Crippen MR) is 86.4 cm³/mol. The monoisotopic (exact) mass is 412 g/mol. The summed E-state index contributed by atoms with van der Waals surface area (Å²) in [5, 5.41) is 3.02. The molecule has 114 valence electrons. The largest absolute Gasteiger partial charge is 0.446 e. The highest BCUT2D eigenvalue weighted by Crippen LogP contribution is 2.35. The van der Waals surface area contributed by atoms with Crippen LogP contribution in [0.15, 0.2) is 38.2 Å². The lowest BCUT2D eigenvalue weighted by atomic mass is 10.3. The first kappa shape index (κ1) is 16.6. The Morgan fingerprint density at radius 2 is 1.86 bits per heavy atom. The molecule has 1 heterocycles. The Labute approximate surface area is 140 Å². The van der Waals surface area contributed by atoms with E-state index in [1.165, 1.54) is 6.07 Å². The Balaban J connectivity index is 2.33. The molecule has 1 aromatic carbocycles. The van der Waals surface area contributed by atoms with Crippen LogP contribution in [0.5, 0.6) is 0 Å². The summed E-state index contributed by atoms with van der Waals surface area (Å²) in [4.78, 5) is 0. The van der Waals surface area contributed by atoms with Crippen LogP contribution in [0.1, 0.15) is 5.76 Å². The average Bonchev–Trinajstić information content (AvgIpc) is 2.84. The van der Waals surface area contributed by atoms with Crippen molar-refractivity contribution in [2.24, 2.45) is 0 Å². The molecule has 0 radical (unpaired) electrons. The number of nitrogens with one attached hydrogen (secondary N) is 2. The molecule has 0 unspecified atom stereocenters. The maximum Gasteiger partial charge on any atom is 0.295 e. The van der Waals surface area contributed by atoms with Crippen LogP contribution in [0.4, 0.5) is 5.69 Å². The van der Waals surface area contributed by atoms with Gasteiger partial charge in [0.2, 0.25) is 5.09 Å². The number of anilines is 1. The predicted octanol–water partition coefficient (Wildman–Crippen LogP) is 3.87. The van der Waals surface area contributed by atoms with E-state index in [1.54, 1.807) is 25.2 Å². The molecule has 0 aliphatic carbocycles. The highest BCUT2D eigenvalue weighted by molar-refractivity contribution is 9.10. The summed E-state index contributed by atoms with van der Waals surface area (Å²) >= 11 is 15.2. The molecule has 0 aliphatic rings. The van der Waals surface area contributed by atoms with E-state index in [-0.39, 0.29) is 20.8 Å². The molecule has 2 N–H and O–H groups in total. The van der Waals surface area contributed by atoms with E-state index in [1.807, 2.05) is 0 Å². The van der Waals surface area contributed by atoms with E-state index in [9.17, 15) is 8.42 Å². The fraction of sp³-hybridized carbons (Fsp3) is 0.167. The van der Waals surface area contributed by atoms with E-state index in [0.717, 1.165) is 0 Å². The Kier molecular flexibility index (Phi) is 5.21. The number of hydrogen-bond acceptors (Lipinski definition) is 4. The molecule has 5 nitrogen and oxygen atoms in total. The van der Waals surface area contributed by atoms with Gasteiger partial charge in [0.25, 0.3) is 10.0 Å². The fourth-order valence-electron chi connectivity index (χ4n) is 1.60. The standard InChI is InChI=1S/C12H11BrCl2N2O3S/c1-16-6-8-2-3-11(20-8)21(18,19)17-12-9(14)4-7(13)5-10(12)15/h2-5,16-17H,6H2,1H3. The van der Waals surface area contributed by atoms with Crippen LogP contribution in [-0.2, 0) is 16.6 Å². The number of benzene rings is 1. The number of furan rings is 1. The number of halogens is 3. The SMILES string of the molecule is CNCc1ccc(S(=O)(=O)Nc2c(Cl)cc(Br)cc2Cl)o1. The van der Waals surface area contributed by atoms with Crippen molar-refractivity contribution >= 4 is 54.8 Å². The molecule has 0 fully saturated rings. The third kappa shape index (κ3) is 3.92. The van der Waals surface area contributed by atoms with E-state index < -0.39 is 10.0 Å². The van der Waals surface area contributed by atoms with Crippen LogP contribution < -0.4 is 10.0 Å². The first-order chi connectivity index (χ1) is 9.83. The topological polar surface area (TPSA) is 71.3 Å². The van der Waals surface area contributed by atoms with Crippen LogP contribution in [0.25, 0.3) is 0 Å². The Hall–Kier alpha value is -0.730. The van der Waals surface area contributed by atoms with Gasteiger partial charge in [-0.3, -0.25) is 4.72 Å². The minimum Gasteiger partial charge on any atom is -0.446 e. The molecule has 0 atom stereocenters. The first-order valence-corrected chi connectivity index (χ1v) is 8.77. The molecule has 0 spiro atoms. The van der Waals surface area contributed by atoms with Crippen molar-refractivity contribution in [3.63, 3.8) is 0 Å². The van der Waals surface area contributed by atoms with Gasteiger partial charge in [-0.2, -0.15) is 8.42 Å². The summed E-state index contributed by atoms with van der Waals surface area (Å²) in [5.74, 6) is 0.505. The summed E-state index contributed by atoms with van der Waals surface area (Å²) in [5.41, 5.74) is 0.105. The second kappa shape index (κ2) is 6.58. The molecule has 21 heavy (non-hydrogen) atoms. The molecule has 0 saturated heterocycles. The summed E-state index contributed by atoms with van der Waals surface area (Å²) in [6, 6.07) is 6.03. The summed E-state index contributed by atoms with van der Waals surface area (Å²) in [7, 11) is -2.16. The van der Waals surface area contributed by atoms with Crippen LogP contribution >= 0.6 is 39.1 Å². The quantitative estimate of drug-likeness (QED) is 0.780. The third-order valence-corrected chi connectivity index (χ3v) is 4.77. The molecule has 9 heteroatoms. The van der Waals surface area contributed by atoms with Gasteiger partial charge < -0.3 is 9.73 Å². The van der Waals surface area contributed by atoms with Crippen molar-refractivity contribution in [3.05, 3.63) is 44.5 Å². The lowest BCUT2D eigenvalue weighted by Crippen LogP contribution is -2.13. The highest BCUT2D eigenvalue weighted by atomic mass is 79.9. The molecule has 0 amide bonds. The van der Waals surface area contributed by atoms with Crippen molar-refractivity contribution in [2.75, 3.05) is 11.8 Å². The second-order valence-corrected chi connectivity index (χ2v) is 7.44. The van der Waals surface area contributed by atoms with Gasteiger partial charge in [-0.25, -0.2) is 0 Å². The fourth-order valence-corrected chi connectivity index (χ4v) is 4.06. The van der Waals surface area contributed by atoms with Gasteiger partial charge in [0.05, 0.1) is 22.3 Å². The van der Waals surface area contributed by atoms with Crippen molar-refractivity contribution in [2.45, 2.75) is 11.6 Å². The van der Waals surface area contributed by atoms with Crippen LogP contribution in [-0.4, -0.2) is 15.5 Å². The summed E-state index contributed by atoms with van der Waals surface area (Å²) in [6.45, 7) is 0.426. The number of rotatable bonds is 5. The van der Waals surface area contributed by atoms with E-state index in [2.05, 4.69) is 26.0 Å². The third-order valence-electron chi connectivity index (χ3n) is 2.50. The van der Waals surface area contributed by atoms with Crippen LogP contribution in [0.2, 0.25) is 10.0 Å².